The smallest absolute Gasteiger partial charge is 0.438 e. The summed E-state index contributed by atoms with van der Waals surface area (Å²) in [7, 11) is 0. The van der Waals surface area contributed by atoms with Crippen LogP contribution in [0.2, 0.25) is 0 Å². The lowest BCUT2D eigenvalue weighted by atomic mass is 9.91. The first-order valence-electron chi connectivity index (χ1n) is 20.3. The van der Waals surface area contributed by atoms with E-state index >= 15 is 4.79 Å². The van der Waals surface area contributed by atoms with E-state index in [4.69, 9.17) is 14.2 Å². The molecule has 1 saturated carbocycles. The monoisotopic (exact) mass is 810 g/mol. The Morgan fingerprint density at radius 2 is 1.68 bits per heavy atom. The molecule has 1 aliphatic carbocycles. The Kier molecular flexibility index (Phi) is 9.04. The summed E-state index contributed by atoms with van der Waals surface area (Å²) in [5.41, 5.74) is 3.25. The fourth-order valence-electron chi connectivity index (χ4n) is 9.50. The van der Waals surface area contributed by atoms with Crippen LogP contribution < -0.4 is 21.1 Å². The summed E-state index contributed by atoms with van der Waals surface area (Å²) in [4.78, 5) is 80.8. The van der Waals surface area contributed by atoms with Gasteiger partial charge in [-0.15, -0.1) is 0 Å². The van der Waals surface area contributed by atoms with Crippen LogP contribution in [0, 0.1) is 5.92 Å². The van der Waals surface area contributed by atoms with Crippen molar-refractivity contribution in [3.05, 3.63) is 134 Å². The molecule has 0 unspecified atom stereocenters. The van der Waals surface area contributed by atoms with Gasteiger partial charge in [0.15, 0.2) is 5.82 Å². The number of benzene rings is 3. The Morgan fingerprint density at radius 1 is 0.933 bits per heavy atom. The molecule has 16 nitrogen and oxygen atoms in total. The number of hydrogen-bond acceptors (Lipinski definition) is 9. The molecular weight excluding hydrogens is 769 g/mol. The van der Waals surface area contributed by atoms with Gasteiger partial charge in [-0.3, -0.25) is 33.7 Å². The molecule has 2 atom stereocenters. The van der Waals surface area contributed by atoms with Crippen molar-refractivity contribution in [3.8, 4) is 5.69 Å². The molecule has 3 aliphatic heterocycles. The van der Waals surface area contributed by atoms with Crippen molar-refractivity contribution >= 4 is 40.4 Å². The number of aliphatic carboxylic acids is 1. The number of aromatic amines is 1. The molecule has 6 aromatic rings. The third-order valence-electron chi connectivity index (χ3n) is 12.7. The summed E-state index contributed by atoms with van der Waals surface area (Å²) in [6.45, 7) is 4.15. The van der Waals surface area contributed by atoms with Crippen LogP contribution in [0.15, 0.2) is 93.0 Å². The molecule has 4 aliphatic rings. The van der Waals surface area contributed by atoms with Crippen LogP contribution in [0.1, 0.15) is 70.8 Å². The normalized spacial score (nSPS) is 20.5. The number of carboxylic acids is 1. The molecule has 2 N–H and O–H groups in total. The Hall–Kier alpha value is -6.81. The number of nitrogens with one attached hydrogen (secondary N) is 1. The predicted molar refractivity (Wildman–Crippen MR) is 219 cm³/mol. The second kappa shape index (κ2) is 14.5. The second-order valence-corrected chi connectivity index (χ2v) is 16.1. The van der Waals surface area contributed by atoms with Crippen molar-refractivity contribution < 1.29 is 28.8 Å². The number of aromatic nitrogens is 5. The van der Waals surface area contributed by atoms with Crippen molar-refractivity contribution in [2.75, 3.05) is 42.6 Å². The number of rotatable bonds is 9. The number of fused-ring (bicyclic) bond motifs is 2. The van der Waals surface area contributed by atoms with Crippen molar-refractivity contribution in [1.29, 1.82) is 0 Å². The van der Waals surface area contributed by atoms with Gasteiger partial charge in [0.05, 0.1) is 24.3 Å². The molecule has 3 fully saturated rings. The second-order valence-electron chi connectivity index (χ2n) is 16.1. The summed E-state index contributed by atoms with van der Waals surface area (Å²) in [6, 6.07) is 23.7. The Labute approximate surface area is 342 Å². The van der Waals surface area contributed by atoms with E-state index < -0.39 is 22.8 Å². The van der Waals surface area contributed by atoms with E-state index in [9.17, 15) is 24.3 Å². The van der Waals surface area contributed by atoms with Crippen LogP contribution >= 0.6 is 0 Å². The van der Waals surface area contributed by atoms with Crippen molar-refractivity contribution in [1.82, 2.24) is 29.2 Å². The van der Waals surface area contributed by atoms with Crippen LogP contribution in [0.25, 0.3) is 16.6 Å². The number of carbonyl (C=O) groups is 3. The molecule has 2 saturated heterocycles. The highest BCUT2D eigenvalue weighted by Crippen LogP contribution is 2.56. The van der Waals surface area contributed by atoms with E-state index in [2.05, 4.69) is 22.3 Å². The number of carbonyl (C=O) groups excluding carboxylic acids is 2. The first kappa shape index (κ1) is 37.5. The lowest BCUT2D eigenvalue weighted by Gasteiger charge is -2.31. The van der Waals surface area contributed by atoms with Gasteiger partial charge in [-0.2, -0.15) is 0 Å². The summed E-state index contributed by atoms with van der Waals surface area (Å²) >= 11 is 0. The Bertz CT molecular complexity index is 2820. The number of nitrogens with zero attached hydrogens (tertiary/aromatic N) is 7. The van der Waals surface area contributed by atoms with Crippen LogP contribution in [-0.2, 0) is 34.5 Å². The minimum Gasteiger partial charge on any atom is -0.481 e. The molecule has 3 amide bonds. The minimum atomic E-state index is -1.07. The maximum Gasteiger partial charge on any atom is 0.438 e. The molecule has 0 bridgehead atoms. The van der Waals surface area contributed by atoms with Crippen LogP contribution in [0.5, 0.6) is 0 Å². The Morgan fingerprint density at radius 3 is 2.42 bits per heavy atom. The third-order valence-corrected chi connectivity index (χ3v) is 12.7. The predicted octanol–water partition coefficient (Wildman–Crippen LogP) is 4.81. The van der Waals surface area contributed by atoms with Gasteiger partial charge >= 0.3 is 17.8 Å². The number of para-hydroxylation sites is 2. The topological polar surface area (TPSA) is 189 Å². The van der Waals surface area contributed by atoms with Gasteiger partial charge in [-0.05, 0) is 85.0 Å². The Balaban J connectivity index is 1.07. The lowest BCUT2D eigenvalue weighted by Crippen LogP contribution is -2.43. The fraction of sp³-hybridized carbons (Fsp3) is 0.341. The molecule has 10 rings (SSSR count). The largest absolute Gasteiger partial charge is 0.481 e. The van der Waals surface area contributed by atoms with E-state index in [0.29, 0.717) is 71.8 Å². The van der Waals surface area contributed by atoms with E-state index in [1.54, 1.807) is 34.1 Å². The number of carboxylic acid groups (broad SMARTS) is 1. The summed E-state index contributed by atoms with van der Waals surface area (Å²) in [5, 5.41) is 14.8. The maximum absolute atomic E-state index is 15.1. The molecule has 60 heavy (non-hydrogen) atoms. The maximum atomic E-state index is 15.1. The SMILES string of the molecule is C[C@H]1C[C@@]1(c1noc(=O)[nH]1)n1c(C(=O)N2CCc3c(nc(N4CCN(c5ccccc5)C4=O)n(-c4ccccc4CC(=O)O)c3=O)C2)cc2cc(C3CCOCC3)ccc21. The highest BCUT2D eigenvalue weighted by Gasteiger charge is 2.59. The molecule has 306 valence electrons. The van der Waals surface area contributed by atoms with Crippen LogP contribution in [0.3, 0.4) is 0 Å². The average Bonchev–Trinajstić information content (AvgIpc) is 3.58. The molecular formula is C44H42N8O8. The molecule has 3 aromatic heterocycles. The zero-order chi connectivity index (χ0) is 41.3. The van der Waals surface area contributed by atoms with Crippen LogP contribution in [-0.4, -0.2) is 85.0 Å². The molecule has 6 heterocycles. The third kappa shape index (κ3) is 6.12. The van der Waals surface area contributed by atoms with Gasteiger partial charge in [0.2, 0.25) is 5.95 Å². The molecule has 0 radical (unpaired) electrons. The fourth-order valence-corrected chi connectivity index (χ4v) is 9.50. The highest BCUT2D eigenvalue weighted by molar-refractivity contribution is 6.05. The van der Waals surface area contributed by atoms with Gasteiger partial charge in [-0.1, -0.05) is 54.5 Å². The highest BCUT2D eigenvalue weighted by atomic mass is 16.5. The van der Waals surface area contributed by atoms with E-state index in [1.807, 2.05) is 54.0 Å². The van der Waals surface area contributed by atoms with Crippen molar-refractivity contribution in [2.24, 2.45) is 5.92 Å². The lowest BCUT2D eigenvalue weighted by molar-refractivity contribution is -0.136. The standard InChI is InChI=1S/C44H42N8O8/c1-26-24-44(26,40-46-42(57)60-47-40)52-35-12-11-28(27-14-19-59-20-15-27)21-30(35)22-36(52)39(56)48-16-13-32-33(25-48)45-41(50-18-17-49(43(50)58)31-8-3-2-4-9-31)51(38(32)55)34-10-6-5-7-29(34)23-37(53)54/h2-12,21-22,26-27H,13-20,23-25H2,1H3,(H,53,54)(H,46,47,57)/t26-,44+/m0/s1. The van der Waals surface area contributed by atoms with Gasteiger partial charge in [0.1, 0.15) is 11.2 Å². The molecule has 3 aromatic carbocycles. The first-order chi connectivity index (χ1) is 29.1. The minimum absolute atomic E-state index is 0.0119. The summed E-state index contributed by atoms with van der Waals surface area (Å²) < 4.78 is 14.0. The first-order valence-corrected chi connectivity index (χ1v) is 20.3. The molecule has 0 spiro atoms. The van der Waals surface area contributed by atoms with Gasteiger partial charge in [-0.25, -0.2) is 19.1 Å². The number of urea groups is 1. The van der Waals surface area contributed by atoms with Gasteiger partial charge in [0.25, 0.3) is 11.5 Å². The summed E-state index contributed by atoms with van der Waals surface area (Å²) in [6.07, 6.45) is 2.24. The number of hydrogen-bond donors (Lipinski definition) is 2. The van der Waals surface area contributed by atoms with Crippen LogP contribution in [0.4, 0.5) is 16.4 Å². The zero-order valence-corrected chi connectivity index (χ0v) is 32.9. The number of ether oxygens (including phenoxy) is 1. The van der Waals surface area contributed by atoms with Gasteiger partial charge in [0, 0.05) is 55.0 Å². The zero-order valence-electron chi connectivity index (χ0n) is 32.9. The van der Waals surface area contributed by atoms with E-state index in [0.717, 1.165) is 23.7 Å². The van der Waals surface area contributed by atoms with Gasteiger partial charge < -0.3 is 19.3 Å². The summed E-state index contributed by atoms with van der Waals surface area (Å²) in [5.74, 6) is -1.31. The quantitative estimate of drug-likeness (QED) is 0.205. The number of anilines is 2. The molecule has 16 heteroatoms. The van der Waals surface area contributed by atoms with E-state index in [1.165, 1.54) is 15.0 Å². The van der Waals surface area contributed by atoms with Crippen molar-refractivity contribution in [2.45, 2.75) is 57.0 Å². The number of H-pyrrole nitrogens is 1. The van der Waals surface area contributed by atoms with E-state index in [-0.39, 0.29) is 56.3 Å². The van der Waals surface area contributed by atoms with Crippen molar-refractivity contribution in [3.63, 3.8) is 0 Å². The number of amides is 3. The average molecular weight is 811 g/mol.